The summed E-state index contributed by atoms with van der Waals surface area (Å²) in [5, 5.41) is 11.6. The average molecular weight is 474 g/mol. The molecule has 180 valence electrons. The Morgan fingerprint density at radius 3 is 2.74 bits per heavy atom. The number of amides is 1. The summed E-state index contributed by atoms with van der Waals surface area (Å²) in [4.78, 5) is 19.2. The fourth-order valence-electron chi connectivity index (χ4n) is 5.02. The number of fused-ring (bicyclic) bond motifs is 6. The van der Waals surface area contributed by atoms with Gasteiger partial charge in [0, 0.05) is 62.5 Å². The SMILES string of the molecule is CCN1Cc2nn(C)cc2C2=CN=C3NC=C(c4cn(nc4C(F)(F)F)CCCC1=O)C3(C)C2. The van der Waals surface area contributed by atoms with Gasteiger partial charge in [0.15, 0.2) is 5.69 Å². The van der Waals surface area contributed by atoms with Gasteiger partial charge in [0.2, 0.25) is 5.91 Å². The minimum absolute atomic E-state index is 0.0387. The number of hydrogen-bond donors (Lipinski definition) is 1. The number of nitrogens with zero attached hydrogens (tertiary/aromatic N) is 6. The van der Waals surface area contributed by atoms with Crippen molar-refractivity contribution in [1.82, 2.24) is 29.8 Å². The van der Waals surface area contributed by atoms with Crippen LogP contribution in [0.1, 0.15) is 55.6 Å². The summed E-state index contributed by atoms with van der Waals surface area (Å²) in [6, 6.07) is 0. The summed E-state index contributed by atoms with van der Waals surface area (Å²) >= 11 is 0. The molecular formula is C23H26F3N7O. The molecule has 5 rings (SSSR count). The lowest BCUT2D eigenvalue weighted by molar-refractivity contribution is -0.141. The second-order valence-corrected chi connectivity index (χ2v) is 9.17. The molecule has 4 bridgehead atoms. The highest BCUT2D eigenvalue weighted by molar-refractivity contribution is 6.07. The molecule has 1 atom stereocenters. The molecule has 0 saturated carbocycles. The predicted molar refractivity (Wildman–Crippen MR) is 120 cm³/mol. The molecule has 34 heavy (non-hydrogen) atoms. The molecule has 11 heteroatoms. The van der Waals surface area contributed by atoms with E-state index in [0.29, 0.717) is 37.3 Å². The smallest absolute Gasteiger partial charge is 0.349 e. The van der Waals surface area contributed by atoms with Crippen molar-refractivity contribution in [1.29, 1.82) is 0 Å². The second kappa shape index (κ2) is 7.85. The van der Waals surface area contributed by atoms with Crippen molar-refractivity contribution in [2.24, 2.45) is 17.5 Å². The number of nitrogens with one attached hydrogen (secondary N) is 1. The quantitative estimate of drug-likeness (QED) is 0.687. The monoisotopic (exact) mass is 473 g/mol. The zero-order chi connectivity index (χ0) is 24.3. The third-order valence-electron chi connectivity index (χ3n) is 6.79. The normalized spacial score (nSPS) is 22.8. The fourth-order valence-corrected chi connectivity index (χ4v) is 5.02. The first kappa shape index (κ1) is 22.4. The van der Waals surface area contributed by atoms with Crippen LogP contribution in [0.3, 0.4) is 0 Å². The summed E-state index contributed by atoms with van der Waals surface area (Å²) < 4.78 is 44.9. The first-order valence-corrected chi connectivity index (χ1v) is 11.3. The Labute approximate surface area is 194 Å². The van der Waals surface area contributed by atoms with Crippen molar-refractivity contribution < 1.29 is 18.0 Å². The number of aromatic nitrogens is 4. The van der Waals surface area contributed by atoms with E-state index >= 15 is 0 Å². The Kier molecular flexibility index (Phi) is 5.18. The molecule has 1 amide bonds. The van der Waals surface area contributed by atoms with Crippen molar-refractivity contribution in [2.45, 2.75) is 52.4 Å². The molecular weight excluding hydrogens is 447 g/mol. The van der Waals surface area contributed by atoms with Crippen LogP contribution in [0, 0.1) is 5.41 Å². The first-order valence-electron chi connectivity index (χ1n) is 11.3. The van der Waals surface area contributed by atoms with E-state index in [1.165, 1.54) is 10.9 Å². The second-order valence-electron chi connectivity index (χ2n) is 9.17. The molecule has 8 nitrogen and oxygen atoms in total. The fraction of sp³-hybridized carbons (Fsp3) is 0.478. The van der Waals surface area contributed by atoms with Gasteiger partial charge in [-0.1, -0.05) is 0 Å². The zero-order valence-corrected chi connectivity index (χ0v) is 19.3. The van der Waals surface area contributed by atoms with Gasteiger partial charge in [-0.15, -0.1) is 0 Å². The number of amidine groups is 1. The summed E-state index contributed by atoms with van der Waals surface area (Å²) in [7, 11) is 1.82. The highest BCUT2D eigenvalue weighted by Crippen LogP contribution is 2.50. The number of aryl methyl sites for hydroxylation is 2. The van der Waals surface area contributed by atoms with Gasteiger partial charge in [0.1, 0.15) is 5.84 Å². The summed E-state index contributed by atoms with van der Waals surface area (Å²) in [5.74, 6) is 0.540. The van der Waals surface area contributed by atoms with E-state index in [0.717, 1.165) is 16.8 Å². The first-order chi connectivity index (χ1) is 16.1. The van der Waals surface area contributed by atoms with E-state index in [2.05, 4.69) is 20.5 Å². The number of hydrogen-bond acceptors (Lipinski definition) is 5. The van der Waals surface area contributed by atoms with Gasteiger partial charge in [-0.05, 0) is 37.8 Å². The van der Waals surface area contributed by atoms with Crippen molar-refractivity contribution in [3.8, 4) is 0 Å². The summed E-state index contributed by atoms with van der Waals surface area (Å²) in [6.45, 7) is 4.89. The lowest BCUT2D eigenvalue weighted by Gasteiger charge is -2.31. The van der Waals surface area contributed by atoms with E-state index in [1.54, 1.807) is 22.0 Å². The maximum absolute atomic E-state index is 14.0. The molecule has 0 aliphatic carbocycles. The van der Waals surface area contributed by atoms with Gasteiger partial charge in [0.25, 0.3) is 0 Å². The molecule has 2 aromatic rings. The topological polar surface area (TPSA) is 80.3 Å². The van der Waals surface area contributed by atoms with Gasteiger partial charge in [-0.25, -0.2) is 4.99 Å². The number of carbonyl (C=O) groups is 1. The van der Waals surface area contributed by atoms with Crippen LogP contribution in [0.15, 0.2) is 29.8 Å². The Morgan fingerprint density at radius 2 is 2.00 bits per heavy atom. The predicted octanol–water partition coefficient (Wildman–Crippen LogP) is 3.57. The van der Waals surface area contributed by atoms with Crippen LogP contribution >= 0.6 is 0 Å². The molecule has 0 saturated heterocycles. The van der Waals surface area contributed by atoms with Crippen LogP contribution in [0.4, 0.5) is 13.2 Å². The summed E-state index contributed by atoms with van der Waals surface area (Å²) in [5.41, 5.74) is 1.30. The standard InChI is InChI=1S/C23H26F3N7O/c1-4-32-13-18-15(11-31(3)29-18)14-8-22(2)17(10-28-21(22)27-9-14)16-12-33(7-5-6-19(32)34)30-20(16)23(24,25)26/h9-12H,4-8,13H2,1-3H3,(H,27,28). The van der Waals surface area contributed by atoms with Gasteiger partial charge in [-0.2, -0.15) is 23.4 Å². The highest BCUT2D eigenvalue weighted by atomic mass is 19.4. The molecule has 0 spiro atoms. The molecule has 0 radical (unpaired) electrons. The molecule has 1 unspecified atom stereocenters. The Hall–Kier alpha value is -3.37. The third-order valence-corrected chi connectivity index (χ3v) is 6.79. The van der Waals surface area contributed by atoms with Crippen LogP contribution in [0.25, 0.3) is 11.1 Å². The lowest BCUT2D eigenvalue weighted by atomic mass is 9.73. The summed E-state index contributed by atoms with van der Waals surface area (Å²) in [6.07, 6.45) is 3.10. The molecule has 3 aliphatic heterocycles. The maximum Gasteiger partial charge on any atom is 0.435 e. The van der Waals surface area contributed by atoms with Gasteiger partial charge in [-0.3, -0.25) is 14.2 Å². The molecule has 2 aromatic heterocycles. The van der Waals surface area contributed by atoms with Crippen LogP contribution in [0.2, 0.25) is 0 Å². The zero-order valence-electron chi connectivity index (χ0n) is 19.3. The molecule has 3 aliphatic rings. The maximum atomic E-state index is 14.0. The van der Waals surface area contributed by atoms with Gasteiger partial charge >= 0.3 is 6.18 Å². The van der Waals surface area contributed by atoms with Crippen molar-refractivity contribution in [3.05, 3.63) is 47.3 Å². The van der Waals surface area contributed by atoms with Gasteiger partial charge in [0.05, 0.1) is 17.7 Å². The molecule has 1 N–H and O–H groups in total. The number of rotatable bonds is 1. The van der Waals surface area contributed by atoms with E-state index < -0.39 is 17.3 Å². The van der Waals surface area contributed by atoms with E-state index in [-0.39, 0.29) is 24.4 Å². The third kappa shape index (κ3) is 3.63. The van der Waals surface area contributed by atoms with Crippen LogP contribution in [0.5, 0.6) is 0 Å². The van der Waals surface area contributed by atoms with Crippen molar-refractivity contribution in [3.63, 3.8) is 0 Å². The molecule has 5 heterocycles. The largest absolute Gasteiger partial charge is 0.435 e. The number of allylic oxidation sites excluding steroid dienone is 1. The molecule has 0 fully saturated rings. The number of alkyl halides is 3. The van der Waals surface area contributed by atoms with E-state index in [9.17, 15) is 18.0 Å². The molecule has 0 aromatic carbocycles. The minimum atomic E-state index is -4.61. The lowest BCUT2D eigenvalue weighted by Crippen LogP contribution is -2.34. The van der Waals surface area contributed by atoms with Crippen LogP contribution < -0.4 is 5.32 Å². The number of halogens is 3. The number of carbonyl (C=O) groups excluding carboxylic acids is 1. The van der Waals surface area contributed by atoms with Crippen LogP contribution in [-0.2, 0) is 31.1 Å². The van der Waals surface area contributed by atoms with Crippen LogP contribution in [-0.4, -0.2) is 42.7 Å². The Balaban J connectivity index is 1.66. The van der Waals surface area contributed by atoms with Gasteiger partial charge < -0.3 is 10.2 Å². The number of aliphatic imine (C=N–C) groups is 1. The Bertz CT molecular complexity index is 1250. The highest BCUT2D eigenvalue weighted by Gasteiger charge is 2.47. The van der Waals surface area contributed by atoms with E-state index in [1.807, 2.05) is 27.1 Å². The average Bonchev–Trinajstić information content (AvgIpc) is 3.44. The minimum Gasteiger partial charge on any atom is -0.349 e. The van der Waals surface area contributed by atoms with Crippen molar-refractivity contribution in [2.75, 3.05) is 6.54 Å². The van der Waals surface area contributed by atoms with E-state index in [4.69, 9.17) is 0 Å². The van der Waals surface area contributed by atoms with Crippen molar-refractivity contribution >= 4 is 22.9 Å². The Morgan fingerprint density at radius 1 is 1.21 bits per heavy atom.